The molecule has 1 aliphatic rings. The third-order valence-electron chi connectivity index (χ3n) is 3.09. The molecule has 3 atom stereocenters. The van der Waals surface area contributed by atoms with Crippen molar-refractivity contribution < 1.29 is 0 Å². The van der Waals surface area contributed by atoms with Crippen LogP contribution in [0.25, 0.3) is 0 Å². The van der Waals surface area contributed by atoms with Gasteiger partial charge in [0, 0.05) is 6.04 Å². The van der Waals surface area contributed by atoms with Crippen LogP contribution in [0.15, 0.2) is 42.0 Å². The summed E-state index contributed by atoms with van der Waals surface area (Å²) in [5.74, 6) is 1.35. The van der Waals surface area contributed by atoms with Gasteiger partial charge in [0.1, 0.15) is 0 Å². The van der Waals surface area contributed by atoms with E-state index < -0.39 is 0 Å². The molecule has 0 aromatic heterocycles. The van der Waals surface area contributed by atoms with E-state index in [0.29, 0.717) is 11.8 Å². The Morgan fingerprint density at radius 2 is 2.00 bits per heavy atom. The van der Waals surface area contributed by atoms with Crippen LogP contribution in [0.2, 0.25) is 0 Å². The molecular weight excluding hydrogens is 182 g/mol. The maximum absolute atomic E-state index is 6.13. The molecule has 0 spiro atoms. The highest BCUT2D eigenvalue weighted by atomic mass is 14.7. The Morgan fingerprint density at radius 1 is 1.33 bits per heavy atom. The fourth-order valence-electron chi connectivity index (χ4n) is 2.23. The van der Waals surface area contributed by atoms with Crippen molar-refractivity contribution in [3.63, 3.8) is 0 Å². The third kappa shape index (κ3) is 2.48. The third-order valence-corrected chi connectivity index (χ3v) is 3.09. The van der Waals surface area contributed by atoms with E-state index in [9.17, 15) is 0 Å². The first-order valence-electron chi connectivity index (χ1n) is 5.64. The van der Waals surface area contributed by atoms with Gasteiger partial charge in [-0.2, -0.15) is 0 Å². The Bertz CT molecular complexity index is 349. The second-order valence-corrected chi connectivity index (χ2v) is 4.74. The van der Waals surface area contributed by atoms with Crippen LogP contribution in [0.5, 0.6) is 0 Å². The van der Waals surface area contributed by atoms with Gasteiger partial charge >= 0.3 is 0 Å². The van der Waals surface area contributed by atoms with Crippen molar-refractivity contribution >= 4 is 0 Å². The van der Waals surface area contributed by atoms with E-state index in [0.717, 1.165) is 0 Å². The average molecular weight is 201 g/mol. The summed E-state index contributed by atoms with van der Waals surface area (Å²) >= 11 is 0. The Kier molecular flexibility index (Phi) is 2.92. The van der Waals surface area contributed by atoms with Crippen LogP contribution in [-0.2, 0) is 0 Å². The van der Waals surface area contributed by atoms with E-state index in [1.165, 1.54) is 17.6 Å². The second-order valence-electron chi connectivity index (χ2n) is 4.74. The molecule has 15 heavy (non-hydrogen) atoms. The van der Waals surface area contributed by atoms with Crippen LogP contribution in [0.1, 0.15) is 31.7 Å². The van der Waals surface area contributed by atoms with Crippen LogP contribution in [-0.4, -0.2) is 6.04 Å². The van der Waals surface area contributed by atoms with Gasteiger partial charge in [-0.3, -0.25) is 0 Å². The molecule has 1 saturated carbocycles. The summed E-state index contributed by atoms with van der Waals surface area (Å²) < 4.78 is 0. The minimum Gasteiger partial charge on any atom is -0.324 e. The molecule has 1 aliphatic carbocycles. The monoisotopic (exact) mass is 201 g/mol. The second kappa shape index (κ2) is 4.19. The Balaban J connectivity index is 1.99. The first kappa shape index (κ1) is 10.4. The van der Waals surface area contributed by atoms with Crippen molar-refractivity contribution in [2.45, 2.75) is 32.2 Å². The lowest BCUT2D eigenvalue weighted by Gasteiger charge is -2.06. The van der Waals surface area contributed by atoms with Crippen LogP contribution in [0.4, 0.5) is 0 Å². The standard InChI is InChI=1S/C14H19N/c1-10(2)8-14(15)13-9-12(13)11-6-4-3-5-7-11/h3-8,12-14H,9,15H2,1-2H3. The van der Waals surface area contributed by atoms with Crippen molar-refractivity contribution in [3.05, 3.63) is 47.5 Å². The molecule has 1 aromatic rings. The predicted octanol–water partition coefficient (Wildman–Crippen LogP) is 3.08. The molecular formula is C14H19N. The molecule has 3 unspecified atom stereocenters. The molecule has 0 heterocycles. The fraction of sp³-hybridized carbons (Fsp3) is 0.429. The van der Waals surface area contributed by atoms with E-state index in [1.807, 2.05) is 0 Å². The predicted molar refractivity (Wildman–Crippen MR) is 64.7 cm³/mol. The van der Waals surface area contributed by atoms with Gasteiger partial charge in [0.15, 0.2) is 0 Å². The topological polar surface area (TPSA) is 26.0 Å². The van der Waals surface area contributed by atoms with Crippen LogP contribution >= 0.6 is 0 Å². The van der Waals surface area contributed by atoms with Gasteiger partial charge in [0.25, 0.3) is 0 Å². The lowest BCUT2D eigenvalue weighted by atomic mass is 10.0. The van der Waals surface area contributed by atoms with Crippen LogP contribution < -0.4 is 5.73 Å². The first-order valence-corrected chi connectivity index (χ1v) is 5.64. The van der Waals surface area contributed by atoms with Crippen molar-refractivity contribution in [2.75, 3.05) is 0 Å². The van der Waals surface area contributed by atoms with Crippen molar-refractivity contribution in [1.29, 1.82) is 0 Å². The van der Waals surface area contributed by atoms with Gasteiger partial charge in [-0.15, -0.1) is 0 Å². The highest BCUT2D eigenvalue weighted by Gasteiger charge is 2.41. The molecule has 0 saturated heterocycles. The van der Waals surface area contributed by atoms with Gasteiger partial charge in [-0.05, 0) is 37.7 Å². The molecule has 80 valence electrons. The highest BCUT2D eigenvalue weighted by molar-refractivity contribution is 5.28. The van der Waals surface area contributed by atoms with Gasteiger partial charge in [-0.25, -0.2) is 0 Å². The average Bonchev–Trinajstić information content (AvgIpc) is 2.97. The minimum atomic E-state index is 0.236. The molecule has 0 aliphatic heterocycles. The lowest BCUT2D eigenvalue weighted by Crippen LogP contribution is -2.20. The summed E-state index contributed by atoms with van der Waals surface area (Å²) in [6.45, 7) is 4.22. The molecule has 2 N–H and O–H groups in total. The van der Waals surface area contributed by atoms with Crippen molar-refractivity contribution in [1.82, 2.24) is 0 Å². The Hall–Kier alpha value is -1.08. The number of rotatable bonds is 3. The van der Waals surface area contributed by atoms with E-state index in [4.69, 9.17) is 5.73 Å². The molecule has 2 rings (SSSR count). The summed E-state index contributed by atoms with van der Waals surface area (Å²) in [5, 5.41) is 0. The van der Waals surface area contributed by atoms with E-state index >= 15 is 0 Å². The Morgan fingerprint density at radius 3 is 2.60 bits per heavy atom. The molecule has 0 radical (unpaired) electrons. The first-order chi connectivity index (χ1) is 7.18. The summed E-state index contributed by atoms with van der Waals surface area (Å²) in [4.78, 5) is 0. The molecule has 0 amide bonds. The van der Waals surface area contributed by atoms with Crippen LogP contribution in [0.3, 0.4) is 0 Å². The van der Waals surface area contributed by atoms with Crippen LogP contribution in [0, 0.1) is 5.92 Å². The SMILES string of the molecule is CC(C)=CC(N)C1CC1c1ccccc1. The zero-order valence-corrected chi connectivity index (χ0v) is 9.48. The zero-order chi connectivity index (χ0) is 10.8. The maximum Gasteiger partial charge on any atom is 0.0260 e. The Labute approximate surface area is 92.0 Å². The lowest BCUT2D eigenvalue weighted by molar-refractivity contribution is 0.683. The molecule has 1 nitrogen and oxygen atoms in total. The zero-order valence-electron chi connectivity index (χ0n) is 9.48. The summed E-state index contributed by atoms with van der Waals surface area (Å²) in [5.41, 5.74) is 8.90. The van der Waals surface area contributed by atoms with E-state index in [2.05, 4.69) is 50.3 Å². The van der Waals surface area contributed by atoms with Crippen molar-refractivity contribution in [3.8, 4) is 0 Å². The summed E-state index contributed by atoms with van der Waals surface area (Å²) in [6, 6.07) is 10.9. The molecule has 1 heteroatoms. The number of hydrogen-bond acceptors (Lipinski definition) is 1. The van der Waals surface area contributed by atoms with Gasteiger partial charge in [0.2, 0.25) is 0 Å². The number of allylic oxidation sites excluding steroid dienone is 1. The number of benzene rings is 1. The van der Waals surface area contributed by atoms with Crippen molar-refractivity contribution in [2.24, 2.45) is 11.7 Å². The number of hydrogen-bond donors (Lipinski definition) is 1. The highest BCUT2D eigenvalue weighted by Crippen LogP contribution is 2.49. The quantitative estimate of drug-likeness (QED) is 0.747. The minimum absolute atomic E-state index is 0.236. The number of nitrogens with two attached hydrogens (primary N) is 1. The normalized spacial score (nSPS) is 25.8. The van der Waals surface area contributed by atoms with Gasteiger partial charge in [0.05, 0.1) is 0 Å². The largest absolute Gasteiger partial charge is 0.324 e. The molecule has 1 fully saturated rings. The summed E-state index contributed by atoms with van der Waals surface area (Å²) in [7, 11) is 0. The summed E-state index contributed by atoms with van der Waals surface area (Å²) in [6.07, 6.45) is 3.43. The molecule has 1 aromatic carbocycles. The fourth-order valence-corrected chi connectivity index (χ4v) is 2.23. The van der Waals surface area contributed by atoms with Gasteiger partial charge < -0.3 is 5.73 Å². The van der Waals surface area contributed by atoms with E-state index in [-0.39, 0.29) is 6.04 Å². The van der Waals surface area contributed by atoms with E-state index in [1.54, 1.807) is 0 Å². The maximum atomic E-state index is 6.13. The van der Waals surface area contributed by atoms with Gasteiger partial charge in [-0.1, -0.05) is 42.0 Å². The molecule has 0 bridgehead atoms. The smallest absolute Gasteiger partial charge is 0.0260 e.